The van der Waals surface area contributed by atoms with E-state index in [2.05, 4.69) is 15.9 Å². The maximum Gasteiger partial charge on any atom is 0.328 e. The molecule has 0 spiro atoms. The number of halogens is 1. The minimum atomic E-state index is -0.821. The summed E-state index contributed by atoms with van der Waals surface area (Å²) in [7, 11) is 0. The number of benzene rings is 2. The van der Waals surface area contributed by atoms with E-state index in [-0.39, 0.29) is 5.57 Å². The van der Waals surface area contributed by atoms with Crippen LogP contribution in [-0.4, -0.2) is 17.8 Å². The summed E-state index contributed by atoms with van der Waals surface area (Å²) in [6.07, 6.45) is 1.41. The highest BCUT2D eigenvalue weighted by Crippen LogP contribution is 2.28. The summed E-state index contributed by atoms with van der Waals surface area (Å²) in [4.78, 5) is 34.5. The van der Waals surface area contributed by atoms with Crippen molar-refractivity contribution in [1.29, 1.82) is 0 Å². The molecule has 0 radical (unpaired) electrons. The Morgan fingerprint density at radius 1 is 0.960 bits per heavy atom. The molecule has 2 aromatic carbocycles. The Kier molecular flexibility index (Phi) is 4.95. The third kappa shape index (κ3) is 4.13. The zero-order valence-corrected chi connectivity index (χ0v) is 14.5. The van der Waals surface area contributed by atoms with E-state index in [0.29, 0.717) is 22.4 Å². The Hall–Kier alpha value is -2.93. The van der Waals surface area contributed by atoms with Crippen molar-refractivity contribution in [2.45, 2.75) is 6.61 Å². The Morgan fingerprint density at radius 2 is 1.64 bits per heavy atom. The van der Waals surface area contributed by atoms with Crippen molar-refractivity contribution in [1.82, 2.24) is 10.6 Å². The third-order valence-electron chi connectivity index (χ3n) is 3.45. The molecule has 4 amide bonds. The molecule has 0 unspecified atom stereocenters. The number of ether oxygens (including phenoxy) is 1. The molecule has 2 N–H and O–H groups in total. The van der Waals surface area contributed by atoms with Gasteiger partial charge in [0, 0.05) is 0 Å². The van der Waals surface area contributed by atoms with Gasteiger partial charge < -0.3 is 4.74 Å². The van der Waals surface area contributed by atoms with E-state index < -0.39 is 17.8 Å². The van der Waals surface area contributed by atoms with Crippen molar-refractivity contribution in [2.75, 3.05) is 0 Å². The van der Waals surface area contributed by atoms with Gasteiger partial charge in [0.15, 0.2) is 0 Å². The summed E-state index contributed by atoms with van der Waals surface area (Å²) < 4.78 is 6.44. The van der Waals surface area contributed by atoms with Crippen LogP contribution in [-0.2, 0) is 16.2 Å². The number of imide groups is 2. The standard InChI is InChI=1S/C18H13BrN2O4/c19-14-9-12(8-13-16(22)20-18(24)21-17(13)23)6-7-15(14)25-10-11-4-2-1-3-5-11/h1-9H,10H2,(H2,20,21,22,23,24). The van der Waals surface area contributed by atoms with E-state index in [9.17, 15) is 14.4 Å². The molecular weight excluding hydrogens is 388 g/mol. The average molecular weight is 401 g/mol. The molecule has 6 nitrogen and oxygen atoms in total. The van der Waals surface area contributed by atoms with Gasteiger partial charge in [-0.25, -0.2) is 4.79 Å². The lowest BCUT2D eigenvalue weighted by atomic mass is 10.1. The minimum Gasteiger partial charge on any atom is -0.488 e. The molecule has 1 saturated heterocycles. The number of barbiturate groups is 1. The summed E-state index contributed by atoms with van der Waals surface area (Å²) in [5.41, 5.74) is 1.53. The second kappa shape index (κ2) is 7.31. The average Bonchev–Trinajstić information content (AvgIpc) is 2.58. The number of amides is 4. The van der Waals surface area contributed by atoms with E-state index >= 15 is 0 Å². The van der Waals surface area contributed by atoms with Crippen molar-refractivity contribution < 1.29 is 19.1 Å². The Labute approximate surface area is 152 Å². The van der Waals surface area contributed by atoms with Crippen LogP contribution < -0.4 is 15.4 Å². The Morgan fingerprint density at radius 3 is 2.28 bits per heavy atom. The number of hydrogen-bond acceptors (Lipinski definition) is 4. The molecule has 0 saturated carbocycles. The molecule has 1 aliphatic rings. The summed E-state index contributed by atoms with van der Waals surface area (Å²) in [6, 6.07) is 14.1. The highest BCUT2D eigenvalue weighted by atomic mass is 79.9. The second-order valence-electron chi connectivity index (χ2n) is 5.26. The van der Waals surface area contributed by atoms with E-state index in [1.165, 1.54) is 6.08 Å². The van der Waals surface area contributed by atoms with Crippen molar-refractivity contribution in [2.24, 2.45) is 0 Å². The van der Waals surface area contributed by atoms with Crippen LogP contribution in [0.1, 0.15) is 11.1 Å². The van der Waals surface area contributed by atoms with E-state index in [1.54, 1.807) is 18.2 Å². The van der Waals surface area contributed by atoms with Crippen molar-refractivity contribution >= 4 is 39.9 Å². The molecule has 0 atom stereocenters. The number of carbonyl (C=O) groups excluding carboxylic acids is 3. The quantitative estimate of drug-likeness (QED) is 0.610. The number of hydrogen-bond donors (Lipinski definition) is 2. The lowest BCUT2D eigenvalue weighted by Gasteiger charge is -2.14. The van der Waals surface area contributed by atoms with E-state index in [0.717, 1.165) is 5.56 Å². The largest absolute Gasteiger partial charge is 0.488 e. The van der Waals surface area contributed by atoms with Gasteiger partial charge in [0.05, 0.1) is 4.47 Å². The molecule has 0 aliphatic carbocycles. The van der Waals surface area contributed by atoms with Crippen LogP contribution in [0.5, 0.6) is 5.75 Å². The third-order valence-corrected chi connectivity index (χ3v) is 4.07. The van der Waals surface area contributed by atoms with Gasteiger partial charge in [-0.2, -0.15) is 0 Å². The van der Waals surface area contributed by atoms with E-state index in [4.69, 9.17) is 4.74 Å². The fraction of sp³-hybridized carbons (Fsp3) is 0.0556. The molecule has 25 heavy (non-hydrogen) atoms. The number of nitrogens with one attached hydrogen (secondary N) is 2. The highest BCUT2D eigenvalue weighted by molar-refractivity contribution is 9.10. The molecule has 7 heteroatoms. The van der Waals surface area contributed by atoms with Crippen LogP contribution >= 0.6 is 15.9 Å². The molecule has 1 aliphatic heterocycles. The predicted octanol–water partition coefficient (Wildman–Crippen LogP) is 2.78. The SMILES string of the molecule is O=C1NC(=O)C(=Cc2ccc(OCc3ccccc3)c(Br)c2)C(=O)N1. The first-order chi connectivity index (χ1) is 12.0. The Bertz CT molecular complexity index is 856. The first-order valence-electron chi connectivity index (χ1n) is 7.37. The van der Waals surface area contributed by atoms with Crippen LogP contribution in [0.15, 0.2) is 58.6 Å². The van der Waals surface area contributed by atoms with Crippen molar-refractivity contribution in [3.05, 3.63) is 69.7 Å². The number of rotatable bonds is 4. The highest BCUT2D eigenvalue weighted by Gasteiger charge is 2.27. The first-order valence-corrected chi connectivity index (χ1v) is 8.17. The summed E-state index contributed by atoms with van der Waals surface area (Å²) in [5.74, 6) is -0.817. The van der Waals surface area contributed by atoms with Crippen LogP contribution in [0.2, 0.25) is 0 Å². The topological polar surface area (TPSA) is 84.5 Å². The number of urea groups is 1. The van der Waals surface area contributed by atoms with Crippen LogP contribution in [0.4, 0.5) is 4.79 Å². The lowest BCUT2D eigenvalue weighted by molar-refractivity contribution is -0.123. The summed E-state index contributed by atoms with van der Waals surface area (Å²) in [5, 5.41) is 4.06. The normalized spacial score (nSPS) is 14.0. The predicted molar refractivity (Wildman–Crippen MR) is 94.6 cm³/mol. The molecule has 2 aromatic rings. The molecular formula is C18H13BrN2O4. The zero-order chi connectivity index (χ0) is 17.8. The van der Waals surface area contributed by atoms with Crippen LogP contribution in [0, 0.1) is 0 Å². The zero-order valence-electron chi connectivity index (χ0n) is 12.9. The van der Waals surface area contributed by atoms with Gasteiger partial charge in [0.2, 0.25) is 0 Å². The molecule has 1 heterocycles. The van der Waals surface area contributed by atoms with Crippen molar-refractivity contribution in [3.63, 3.8) is 0 Å². The van der Waals surface area contributed by atoms with Gasteiger partial charge in [-0.05, 0) is 45.3 Å². The fourth-order valence-electron chi connectivity index (χ4n) is 2.23. The molecule has 0 aromatic heterocycles. The van der Waals surface area contributed by atoms with Crippen LogP contribution in [0.3, 0.4) is 0 Å². The van der Waals surface area contributed by atoms with Crippen LogP contribution in [0.25, 0.3) is 6.08 Å². The van der Waals surface area contributed by atoms with Crippen molar-refractivity contribution in [3.8, 4) is 5.75 Å². The molecule has 1 fully saturated rings. The fourth-order valence-corrected chi connectivity index (χ4v) is 2.74. The van der Waals surface area contributed by atoms with E-state index in [1.807, 2.05) is 41.0 Å². The molecule has 3 rings (SSSR count). The summed E-state index contributed by atoms with van der Waals surface area (Å²) >= 11 is 3.42. The van der Waals surface area contributed by atoms with Gasteiger partial charge in [0.1, 0.15) is 17.9 Å². The number of carbonyl (C=O) groups is 3. The van der Waals surface area contributed by atoms with Gasteiger partial charge in [0.25, 0.3) is 11.8 Å². The monoisotopic (exact) mass is 400 g/mol. The second-order valence-corrected chi connectivity index (χ2v) is 6.11. The molecule has 0 bridgehead atoms. The van der Waals surface area contributed by atoms with Gasteiger partial charge in [-0.1, -0.05) is 36.4 Å². The van der Waals surface area contributed by atoms with Gasteiger partial charge in [-0.15, -0.1) is 0 Å². The van der Waals surface area contributed by atoms with Gasteiger partial charge in [-0.3, -0.25) is 20.2 Å². The maximum absolute atomic E-state index is 11.7. The smallest absolute Gasteiger partial charge is 0.328 e. The maximum atomic E-state index is 11.7. The first kappa shape index (κ1) is 16.9. The molecule has 126 valence electrons. The summed E-state index contributed by atoms with van der Waals surface area (Å²) in [6.45, 7) is 0.423. The lowest BCUT2D eigenvalue weighted by Crippen LogP contribution is -2.51. The van der Waals surface area contributed by atoms with Gasteiger partial charge >= 0.3 is 6.03 Å². The minimum absolute atomic E-state index is 0.135. The Balaban J connectivity index is 1.75.